The van der Waals surface area contributed by atoms with Crippen molar-refractivity contribution < 1.29 is 5.11 Å². The van der Waals surface area contributed by atoms with Gasteiger partial charge in [0, 0.05) is 5.56 Å². The highest BCUT2D eigenvalue weighted by Gasteiger charge is 1.99. The van der Waals surface area contributed by atoms with Gasteiger partial charge in [0.25, 0.3) is 0 Å². The van der Waals surface area contributed by atoms with Gasteiger partial charge in [-0.2, -0.15) is 0 Å². The molecule has 0 aliphatic heterocycles. The lowest BCUT2D eigenvalue weighted by atomic mass is 10.1. The van der Waals surface area contributed by atoms with Crippen molar-refractivity contribution in [3.05, 3.63) is 29.3 Å². The second kappa shape index (κ2) is 3.82. The van der Waals surface area contributed by atoms with Crippen LogP contribution in [0, 0.1) is 12.3 Å². The number of aryl methyl sites for hydroxylation is 1. The summed E-state index contributed by atoms with van der Waals surface area (Å²) in [6, 6.07) is 5.26. The van der Waals surface area contributed by atoms with Crippen molar-refractivity contribution in [2.75, 3.05) is 0 Å². The van der Waals surface area contributed by atoms with Gasteiger partial charge >= 0.3 is 0 Å². The first-order chi connectivity index (χ1) is 5.77. The Morgan fingerprint density at radius 3 is 2.83 bits per heavy atom. The fraction of sp³-hybridized carbons (Fsp3) is 0.273. The van der Waals surface area contributed by atoms with Gasteiger partial charge in [0.05, 0.1) is 0 Å². The van der Waals surface area contributed by atoms with Gasteiger partial charge in [-0.1, -0.05) is 19.3 Å². The molecule has 1 aromatic carbocycles. The van der Waals surface area contributed by atoms with E-state index < -0.39 is 0 Å². The highest BCUT2D eigenvalue weighted by molar-refractivity contribution is 5.42. The van der Waals surface area contributed by atoms with Gasteiger partial charge in [-0.05, 0) is 30.2 Å². The summed E-state index contributed by atoms with van der Waals surface area (Å²) >= 11 is 0. The first kappa shape index (κ1) is 8.67. The molecule has 0 atom stereocenters. The van der Waals surface area contributed by atoms with E-state index in [-0.39, 0.29) is 0 Å². The van der Waals surface area contributed by atoms with Crippen molar-refractivity contribution >= 4 is 0 Å². The molecule has 0 amide bonds. The predicted octanol–water partition coefficient (Wildman–Crippen LogP) is 2.33. The fourth-order valence-corrected chi connectivity index (χ4v) is 1.14. The van der Waals surface area contributed by atoms with E-state index >= 15 is 0 Å². The van der Waals surface area contributed by atoms with Gasteiger partial charge in [0.1, 0.15) is 5.75 Å². The summed E-state index contributed by atoms with van der Waals surface area (Å²) in [4.78, 5) is 0. The van der Waals surface area contributed by atoms with Gasteiger partial charge in [0.2, 0.25) is 0 Å². The number of terminal acetylenes is 1. The van der Waals surface area contributed by atoms with Gasteiger partial charge in [0.15, 0.2) is 0 Å². The summed E-state index contributed by atoms with van der Waals surface area (Å²) < 4.78 is 0. The quantitative estimate of drug-likeness (QED) is 0.658. The van der Waals surface area contributed by atoms with Gasteiger partial charge in [-0.25, -0.2) is 0 Å². The first-order valence-corrected chi connectivity index (χ1v) is 4.06. The van der Waals surface area contributed by atoms with Crippen LogP contribution in [-0.4, -0.2) is 5.11 Å². The van der Waals surface area contributed by atoms with Crippen molar-refractivity contribution in [2.24, 2.45) is 0 Å². The first-order valence-electron chi connectivity index (χ1n) is 4.06. The Kier molecular flexibility index (Phi) is 2.76. The molecular formula is C11H12O. The van der Waals surface area contributed by atoms with Crippen LogP contribution in [0.5, 0.6) is 5.75 Å². The van der Waals surface area contributed by atoms with Crippen molar-refractivity contribution in [1.29, 1.82) is 0 Å². The van der Waals surface area contributed by atoms with Crippen LogP contribution < -0.4 is 0 Å². The minimum atomic E-state index is 0.343. The van der Waals surface area contributed by atoms with E-state index in [1.165, 1.54) is 0 Å². The lowest BCUT2D eigenvalue weighted by molar-refractivity contribution is 0.467. The Bertz CT molecular complexity index is 307. The smallest absolute Gasteiger partial charge is 0.118 e. The molecule has 12 heavy (non-hydrogen) atoms. The van der Waals surface area contributed by atoms with Crippen molar-refractivity contribution in [1.82, 2.24) is 0 Å². The molecule has 0 heterocycles. The molecule has 0 saturated heterocycles. The van der Waals surface area contributed by atoms with E-state index in [2.05, 4.69) is 12.8 Å². The third-order valence-electron chi connectivity index (χ3n) is 1.77. The van der Waals surface area contributed by atoms with Crippen LogP contribution in [0.3, 0.4) is 0 Å². The Balaban J connectivity index is 3.01. The number of hydrogen-bond acceptors (Lipinski definition) is 1. The fourth-order valence-electron chi connectivity index (χ4n) is 1.14. The van der Waals surface area contributed by atoms with E-state index in [0.29, 0.717) is 5.75 Å². The van der Waals surface area contributed by atoms with Crippen LogP contribution in [0.1, 0.15) is 24.5 Å². The second-order valence-corrected chi connectivity index (χ2v) is 2.74. The van der Waals surface area contributed by atoms with Crippen LogP contribution >= 0.6 is 0 Å². The van der Waals surface area contributed by atoms with Gasteiger partial charge in [-0.3, -0.25) is 0 Å². The summed E-state index contributed by atoms with van der Waals surface area (Å²) in [7, 11) is 0. The second-order valence-electron chi connectivity index (χ2n) is 2.74. The molecule has 0 bridgehead atoms. The molecule has 0 saturated carbocycles. The third kappa shape index (κ3) is 1.79. The minimum absolute atomic E-state index is 0.343. The molecule has 0 aromatic heterocycles. The van der Waals surface area contributed by atoms with Crippen molar-refractivity contribution in [3.63, 3.8) is 0 Å². The Morgan fingerprint density at radius 2 is 2.25 bits per heavy atom. The average Bonchev–Trinajstić information content (AvgIpc) is 2.09. The molecule has 1 rings (SSSR count). The summed E-state index contributed by atoms with van der Waals surface area (Å²) in [6.07, 6.45) is 7.13. The Hall–Kier alpha value is -1.42. The Labute approximate surface area is 73.0 Å². The molecule has 62 valence electrons. The molecule has 1 nitrogen and oxygen atoms in total. The molecule has 1 aromatic rings. The summed E-state index contributed by atoms with van der Waals surface area (Å²) in [5, 5.41) is 9.39. The summed E-state index contributed by atoms with van der Waals surface area (Å²) in [6.45, 7) is 2.07. The van der Waals surface area contributed by atoms with Crippen LogP contribution in [0.4, 0.5) is 0 Å². The number of phenols is 1. The molecular weight excluding hydrogens is 148 g/mol. The number of hydrogen-bond donors (Lipinski definition) is 1. The van der Waals surface area contributed by atoms with Crippen LogP contribution in [0.15, 0.2) is 18.2 Å². The van der Waals surface area contributed by atoms with E-state index in [1.807, 2.05) is 6.07 Å². The van der Waals surface area contributed by atoms with E-state index in [4.69, 9.17) is 6.42 Å². The number of benzene rings is 1. The summed E-state index contributed by atoms with van der Waals surface area (Å²) in [5.74, 6) is 2.89. The maximum absolute atomic E-state index is 9.39. The topological polar surface area (TPSA) is 20.2 Å². The van der Waals surface area contributed by atoms with Gasteiger partial charge in [-0.15, -0.1) is 6.42 Å². The molecule has 1 N–H and O–H groups in total. The number of rotatable bonds is 2. The molecule has 0 spiro atoms. The van der Waals surface area contributed by atoms with Gasteiger partial charge < -0.3 is 5.11 Å². The predicted molar refractivity (Wildman–Crippen MR) is 50.0 cm³/mol. The lowest BCUT2D eigenvalue weighted by Crippen LogP contribution is -1.85. The molecule has 0 aliphatic carbocycles. The molecule has 0 aliphatic rings. The van der Waals surface area contributed by atoms with Crippen LogP contribution in [0.2, 0.25) is 0 Å². The standard InChI is InChI=1S/C11H12O/c1-3-5-10-8-9(4-2)6-7-11(10)12/h2,6-8,12H,3,5H2,1H3. The zero-order valence-corrected chi connectivity index (χ0v) is 7.17. The number of phenolic OH excluding ortho intramolecular Hbond substituents is 1. The third-order valence-corrected chi connectivity index (χ3v) is 1.77. The zero-order chi connectivity index (χ0) is 8.97. The van der Waals surface area contributed by atoms with E-state index in [0.717, 1.165) is 24.0 Å². The van der Waals surface area contributed by atoms with Crippen molar-refractivity contribution in [3.8, 4) is 18.1 Å². The zero-order valence-electron chi connectivity index (χ0n) is 7.17. The van der Waals surface area contributed by atoms with Crippen LogP contribution in [-0.2, 0) is 6.42 Å². The highest BCUT2D eigenvalue weighted by Crippen LogP contribution is 2.19. The average molecular weight is 160 g/mol. The maximum atomic E-state index is 9.39. The Morgan fingerprint density at radius 1 is 1.50 bits per heavy atom. The number of aromatic hydroxyl groups is 1. The maximum Gasteiger partial charge on any atom is 0.118 e. The van der Waals surface area contributed by atoms with E-state index in [1.54, 1.807) is 12.1 Å². The highest BCUT2D eigenvalue weighted by atomic mass is 16.3. The lowest BCUT2D eigenvalue weighted by Gasteiger charge is -2.02. The largest absolute Gasteiger partial charge is 0.508 e. The molecule has 0 fully saturated rings. The molecule has 1 heteroatoms. The molecule has 0 radical (unpaired) electrons. The van der Waals surface area contributed by atoms with Crippen molar-refractivity contribution in [2.45, 2.75) is 19.8 Å². The normalized spacial score (nSPS) is 9.33. The monoisotopic (exact) mass is 160 g/mol. The minimum Gasteiger partial charge on any atom is -0.508 e. The molecule has 0 unspecified atom stereocenters. The van der Waals surface area contributed by atoms with Crippen LogP contribution in [0.25, 0.3) is 0 Å². The summed E-state index contributed by atoms with van der Waals surface area (Å²) in [5.41, 5.74) is 1.77. The van der Waals surface area contributed by atoms with E-state index in [9.17, 15) is 5.11 Å². The SMILES string of the molecule is C#Cc1ccc(O)c(CCC)c1.